The second-order valence-electron chi connectivity index (χ2n) is 3.36. The maximum atomic E-state index is 3.55. The number of nitrogens with one attached hydrogen (secondary N) is 1. The van der Waals surface area contributed by atoms with Crippen molar-refractivity contribution < 1.29 is 0 Å². The molecule has 0 spiro atoms. The maximum Gasteiger partial charge on any atom is 0.0589 e. The highest BCUT2D eigenvalue weighted by atomic mass is 79.9. The Labute approximate surface area is 102 Å². The molecule has 1 atom stereocenters. The molecule has 0 aliphatic carbocycles. The molecule has 0 saturated heterocycles. The third kappa shape index (κ3) is 2.61. The zero-order valence-corrected chi connectivity index (χ0v) is 10.8. The number of thiophene rings is 1. The van der Waals surface area contributed by atoms with E-state index in [1.165, 1.54) is 9.35 Å². The van der Waals surface area contributed by atoms with Crippen molar-refractivity contribution in [1.29, 1.82) is 0 Å². The van der Waals surface area contributed by atoms with Crippen LogP contribution in [0.5, 0.6) is 0 Å². The molecular weight excluding hydrogens is 270 g/mol. The maximum absolute atomic E-state index is 3.55. The average molecular weight is 282 g/mol. The van der Waals surface area contributed by atoms with Crippen molar-refractivity contribution in [3.63, 3.8) is 0 Å². The van der Waals surface area contributed by atoms with Crippen molar-refractivity contribution in [3.8, 4) is 0 Å². The van der Waals surface area contributed by atoms with Gasteiger partial charge in [-0.1, -0.05) is 18.2 Å². The summed E-state index contributed by atoms with van der Waals surface area (Å²) in [5, 5.41) is 5.57. The molecule has 0 fully saturated rings. The first kappa shape index (κ1) is 10.7. The number of hydrogen-bond acceptors (Lipinski definition) is 2. The van der Waals surface area contributed by atoms with E-state index in [-0.39, 0.29) is 0 Å². The van der Waals surface area contributed by atoms with Gasteiger partial charge in [-0.25, -0.2) is 0 Å². The van der Waals surface area contributed by atoms with E-state index in [9.17, 15) is 0 Å². The van der Waals surface area contributed by atoms with Crippen LogP contribution in [0.4, 0.5) is 5.69 Å². The van der Waals surface area contributed by atoms with E-state index in [4.69, 9.17) is 0 Å². The summed E-state index contributed by atoms with van der Waals surface area (Å²) in [6, 6.07) is 12.7. The summed E-state index contributed by atoms with van der Waals surface area (Å²) < 4.78 is 1.18. The van der Waals surface area contributed by atoms with Gasteiger partial charge in [0.15, 0.2) is 0 Å². The predicted octanol–water partition coefficient (Wildman–Crippen LogP) is 4.68. The van der Waals surface area contributed by atoms with Gasteiger partial charge >= 0.3 is 0 Å². The molecule has 15 heavy (non-hydrogen) atoms. The second kappa shape index (κ2) is 4.81. The van der Waals surface area contributed by atoms with Gasteiger partial charge in [0.25, 0.3) is 0 Å². The lowest BCUT2D eigenvalue weighted by Gasteiger charge is -2.14. The van der Waals surface area contributed by atoms with Crippen LogP contribution in [0, 0.1) is 0 Å². The minimum atomic E-state index is 0.335. The van der Waals surface area contributed by atoms with Gasteiger partial charge < -0.3 is 5.32 Å². The van der Waals surface area contributed by atoms with Gasteiger partial charge in [0.2, 0.25) is 0 Å². The molecule has 3 heteroatoms. The Kier molecular flexibility index (Phi) is 3.44. The summed E-state index contributed by atoms with van der Waals surface area (Å²) in [6.07, 6.45) is 0. The molecule has 0 aliphatic rings. The van der Waals surface area contributed by atoms with Gasteiger partial charge in [-0.2, -0.15) is 0 Å². The van der Waals surface area contributed by atoms with E-state index in [1.54, 1.807) is 11.3 Å². The molecule has 0 amide bonds. The lowest BCUT2D eigenvalue weighted by Crippen LogP contribution is -2.04. The number of halogens is 1. The number of anilines is 1. The largest absolute Gasteiger partial charge is 0.378 e. The first-order valence-corrected chi connectivity index (χ1v) is 6.49. The fourth-order valence-corrected chi connectivity index (χ4v) is 3.19. The van der Waals surface area contributed by atoms with Crippen LogP contribution in [0.25, 0.3) is 0 Å². The third-order valence-corrected chi connectivity index (χ3v) is 4.25. The minimum absolute atomic E-state index is 0.335. The van der Waals surface area contributed by atoms with E-state index in [1.807, 2.05) is 18.2 Å². The highest BCUT2D eigenvalue weighted by Crippen LogP contribution is 2.30. The molecule has 78 valence electrons. The topological polar surface area (TPSA) is 12.0 Å². The van der Waals surface area contributed by atoms with Crippen molar-refractivity contribution in [2.75, 3.05) is 5.32 Å². The van der Waals surface area contributed by atoms with Crippen LogP contribution < -0.4 is 5.32 Å². The smallest absolute Gasteiger partial charge is 0.0589 e. The SMILES string of the molecule is CC(Nc1ccccc1)c1sccc1Br. The average Bonchev–Trinajstić information content (AvgIpc) is 2.66. The van der Waals surface area contributed by atoms with Crippen molar-refractivity contribution in [2.45, 2.75) is 13.0 Å². The molecule has 2 rings (SSSR count). The lowest BCUT2D eigenvalue weighted by molar-refractivity contribution is 0.903. The standard InChI is InChI=1S/C12H12BrNS/c1-9(12-11(13)7-8-15-12)14-10-5-3-2-4-6-10/h2-9,14H,1H3. The van der Waals surface area contributed by atoms with Crippen LogP contribution in [0.2, 0.25) is 0 Å². The van der Waals surface area contributed by atoms with E-state index < -0.39 is 0 Å². The first-order valence-electron chi connectivity index (χ1n) is 4.82. The Morgan fingerprint density at radius 3 is 2.53 bits per heavy atom. The van der Waals surface area contributed by atoms with Crippen LogP contribution in [-0.2, 0) is 0 Å². The summed E-state index contributed by atoms with van der Waals surface area (Å²) in [6.45, 7) is 2.17. The van der Waals surface area contributed by atoms with Crippen LogP contribution in [-0.4, -0.2) is 0 Å². The molecule has 0 radical (unpaired) electrons. The predicted molar refractivity (Wildman–Crippen MR) is 70.5 cm³/mol. The lowest BCUT2D eigenvalue weighted by atomic mass is 10.2. The number of rotatable bonds is 3. The Morgan fingerprint density at radius 2 is 1.93 bits per heavy atom. The molecule has 0 aliphatic heterocycles. The fourth-order valence-electron chi connectivity index (χ4n) is 1.46. The van der Waals surface area contributed by atoms with Crippen LogP contribution >= 0.6 is 27.3 Å². The number of hydrogen-bond donors (Lipinski definition) is 1. The molecule has 2 aromatic rings. The zero-order chi connectivity index (χ0) is 10.7. The highest BCUT2D eigenvalue weighted by Gasteiger charge is 2.09. The Bertz CT molecular complexity index is 424. The minimum Gasteiger partial charge on any atom is -0.378 e. The van der Waals surface area contributed by atoms with E-state index >= 15 is 0 Å². The van der Waals surface area contributed by atoms with Crippen LogP contribution in [0.1, 0.15) is 17.8 Å². The van der Waals surface area contributed by atoms with E-state index in [2.05, 4.69) is 51.7 Å². The van der Waals surface area contributed by atoms with Gasteiger partial charge in [0.1, 0.15) is 0 Å². The van der Waals surface area contributed by atoms with Crippen molar-refractivity contribution in [3.05, 3.63) is 51.1 Å². The monoisotopic (exact) mass is 281 g/mol. The molecule has 1 N–H and O–H groups in total. The summed E-state index contributed by atoms with van der Waals surface area (Å²) in [4.78, 5) is 1.33. The van der Waals surface area contributed by atoms with Crippen LogP contribution in [0.3, 0.4) is 0 Å². The normalized spacial score (nSPS) is 12.4. The molecule has 1 aromatic heterocycles. The summed E-state index contributed by atoms with van der Waals surface area (Å²) in [5.41, 5.74) is 1.16. The summed E-state index contributed by atoms with van der Waals surface area (Å²) in [7, 11) is 0. The highest BCUT2D eigenvalue weighted by molar-refractivity contribution is 9.10. The van der Waals surface area contributed by atoms with Crippen molar-refractivity contribution in [1.82, 2.24) is 0 Å². The first-order chi connectivity index (χ1) is 7.27. The third-order valence-electron chi connectivity index (χ3n) is 2.20. The molecule has 1 aromatic carbocycles. The van der Waals surface area contributed by atoms with Crippen molar-refractivity contribution in [2.24, 2.45) is 0 Å². The summed E-state index contributed by atoms with van der Waals surface area (Å²) >= 11 is 5.32. The van der Waals surface area contributed by atoms with Gasteiger partial charge in [0.05, 0.1) is 6.04 Å². The number of para-hydroxylation sites is 1. The van der Waals surface area contributed by atoms with Gasteiger partial charge in [0, 0.05) is 15.0 Å². The fraction of sp³-hybridized carbons (Fsp3) is 0.167. The van der Waals surface area contributed by atoms with Crippen LogP contribution in [0.15, 0.2) is 46.3 Å². The Hall–Kier alpha value is -0.800. The van der Waals surface area contributed by atoms with Gasteiger partial charge in [-0.05, 0) is 46.4 Å². The summed E-state index contributed by atoms with van der Waals surface area (Å²) in [5.74, 6) is 0. The van der Waals surface area contributed by atoms with E-state index in [0.717, 1.165) is 5.69 Å². The number of benzene rings is 1. The molecule has 0 saturated carbocycles. The second-order valence-corrected chi connectivity index (χ2v) is 5.17. The van der Waals surface area contributed by atoms with Crippen molar-refractivity contribution >= 4 is 33.0 Å². The molecular formula is C12H12BrNS. The molecule has 1 nitrogen and oxygen atoms in total. The molecule has 1 unspecified atom stereocenters. The van der Waals surface area contributed by atoms with Gasteiger partial charge in [-0.3, -0.25) is 0 Å². The van der Waals surface area contributed by atoms with Gasteiger partial charge in [-0.15, -0.1) is 11.3 Å². The zero-order valence-electron chi connectivity index (χ0n) is 8.41. The molecule has 1 heterocycles. The Balaban J connectivity index is 2.11. The quantitative estimate of drug-likeness (QED) is 0.861. The van der Waals surface area contributed by atoms with E-state index in [0.29, 0.717) is 6.04 Å². The molecule has 0 bridgehead atoms. The Morgan fingerprint density at radius 1 is 1.20 bits per heavy atom.